The average molecular weight is 278 g/mol. The SMILES string of the molecule is CC(C)Oc1cccc(N(C)CC2CCOCC2)c1N. The van der Waals surface area contributed by atoms with Crippen LogP contribution in [-0.2, 0) is 4.74 Å². The Hall–Kier alpha value is -1.42. The third kappa shape index (κ3) is 3.79. The Bertz CT molecular complexity index is 428. The van der Waals surface area contributed by atoms with Gasteiger partial charge in [-0.05, 0) is 44.7 Å². The van der Waals surface area contributed by atoms with Crippen LogP contribution in [-0.4, -0.2) is 32.9 Å². The molecule has 1 saturated heterocycles. The van der Waals surface area contributed by atoms with Crippen molar-refractivity contribution in [2.45, 2.75) is 32.8 Å². The molecule has 1 aliphatic heterocycles. The molecular weight excluding hydrogens is 252 g/mol. The van der Waals surface area contributed by atoms with Crippen LogP contribution in [0.5, 0.6) is 5.75 Å². The Labute approximate surface area is 121 Å². The number of hydrogen-bond donors (Lipinski definition) is 1. The summed E-state index contributed by atoms with van der Waals surface area (Å²) in [5.74, 6) is 1.46. The molecule has 0 saturated carbocycles. The maximum Gasteiger partial charge on any atom is 0.144 e. The molecule has 1 fully saturated rings. The van der Waals surface area contributed by atoms with Gasteiger partial charge in [0.15, 0.2) is 0 Å². The number of para-hydroxylation sites is 1. The summed E-state index contributed by atoms with van der Waals surface area (Å²) < 4.78 is 11.2. The summed E-state index contributed by atoms with van der Waals surface area (Å²) in [7, 11) is 2.10. The molecule has 0 atom stereocenters. The summed E-state index contributed by atoms with van der Waals surface area (Å²) in [6, 6.07) is 5.99. The van der Waals surface area contributed by atoms with E-state index in [0.717, 1.165) is 49.7 Å². The fraction of sp³-hybridized carbons (Fsp3) is 0.625. The van der Waals surface area contributed by atoms with E-state index in [9.17, 15) is 0 Å². The molecule has 1 aromatic rings. The molecule has 0 amide bonds. The van der Waals surface area contributed by atoms with Crippen LogP contribution in [0, 0.1) is 5.92 Å². The quantitative estimate of drug-likeness (QED) is 0.841. The molecule has 20 heavy (non-hydrogen) atoms. The summed E-state index contributed by atoms with van der Waals surface area (Å²) in [4.78, 5) is 2.23. The van der Waals surface area contributed by atoms with Crippen molar-refractivity contribution in [3.8, 4) is 5.75 Å². The Morgan fingerprint density at radius 3 is 2.70 bits per heavy atom. The van der Waals surface area contributed by atoms with Crippen LogP contribution in [0.4, 0.5) is 11.4 Å². The van der Waals surface area contributed by atoms with Crippen LogP contribution >= 0.6 is 0 Å². The number of rotatable bonds is 5. The highest BCUT2D eigenvalue weighted by molar-refractivity contribution is 5.73. The van der Waals surface area contributed by atoms with Crippen molar-refractivity contribution in [3.63, 3.8) is 0 Å². The van der Waals surface area contributed by atoms with Gasteiger partial charge in [0.1, 0.15) is 5.75 Å². The second-order valence-electron chi connectivity index (χ2n) is 5.79. The fourth-order valence-corrected chi connectivity index (χ4v) is 2.64. The highest BCUT2D eigenvalue weighted by atomic mass is 16.5. The van der Waals surface area contributed by atoms with E-state index in [0.29, 0.717) is 5.92 Å². The zero-order valence-corrected chi connectivity index (χ0v) is 12.8. The molecule has 1 aliphatic rings. The Morgan fingerprint density at radius 2 is 2.05 bits per heavy atom. The molecule has 0 bridgehead atoms. The molecule has 4 nitrogen and oxygen atoms in total. The maximum atomic E-state index is 6.25. The summed E-state index contributed by atoms with van der Waals surface area (Å²) in [6.45, 7) is 6.80. The number of nitrogens with zero attached hydrogens (tertiary/aromatic N) is 1. The van der Waals surface area contributed by atoms with E-state index >= 15 is 0 Å². The first-order valence-electron chi connectivity index (χ1n) is 7.42. The van der Waals surface area contributed by atoms with Crippen molar-refractivity contribution >= 4 is 11.4 Å². The molecule has 0 spiro atoms. The maximum absolute atomic E-state index is 6.25. The molecule has 0 aliphatic carbocycles. The molecule has 0 unspecified atom stereocenters. The lowest BCUT2D eigenvalue weighted by atomic mass is 9.99. The lowest BCUT2D eigenvalue weighted by Gasteiger charge is -2.29. The van der Waals surface area contributed by atoms with Crippen LogP contribution in [0.3, 0.4) is 0 Å². The van der Waals surface area contributed by atoms with Gasteiger partial charge in [-0.15, -0.1) is 0 Å². The lowest BCUT2D eigenvalue weighted by molar-refractivity contribution is 0.0685. The number of nitrogen functional groups attached to an aromatic ring is 1. The van der Waals surface area contributed by atoms with Gasteiger partial charge in [-0.2, -0.15) is 0 Å². The molecule has 0 aromatic heterocycles. The van der Waals surface area contributed by atoms with Crippen molar-refractivity contribution in [1.82, 2.24) is 0 Å². The molecule has 0 radical (unpaired) electrons. The predicted molar refractivity (Wildman–Crippen MR) is 83.4 cm³/mol. The van der Waals surface area contributed by atoms with Crippen molar-refractivity contribution < 1.29 is 9.47 Å². The third-order valence-electron chi connectivity index (χ3n) is 3.69. The first-order valence-corrected chi connectivity index (χ1v) is 7.42. The van der Waals surface area contributed by atoms with Crippen LogP contribution in [0.25, 0.3) is 0 Å². The normalized spacial score (nSPS) is 16.4. The summed E-state index contributed by atoms with van der Waals surface area (Å²) in [5.41, 5.74) is 8.03. The second kappa shape index (κ2) is 6.84. The van der Waals surface area contributed by atoms with E-state index in [2.05, 4.69) is 18.0 Å². The molecule has 4 heteroatoms. The van der Waals surface area contributed by atoms with Crippen LogP contribution < -0.4 is 15.4 Å². The first kappa shape index (κ1) is 15.0. The van der Waals surface area contributed by atoms with Crippen molar-refractivity contribution in [3.05, 3.63) is 18.2 Å². The minimum absolute atomic E-state index is 0.133. The number of anilines is 2. The van der Waals surface area contributed by atoms with Gasteiger partial charge in [0.2, 0.25) is 0 Å². The second-order valence-corrected chi connectivity index (χ2v) is 5.79. The molecule has 1 heterocycles. The lowest BCUT2D eigenvalue weighted by Crippen LogP contribution is -2.30. The van der Waals surface area contributed by atoms with E-state index in [1.54, 1.807) is 0 Å². The third-order valence-corrected chi connectivity index (χ3v) is 3.69. The fourth-order valence-electron chi connectivity index (χ4n) is 2.64. The van der Waals surface area contributed by atoms with E-state index < -0.39 is 0 Å². The average Bonchev–Trinajstić information content (AvgIpc) is 2.41. The predicted octanol–water partition coefficient (Wildman–Crippen LogP) is 2.92. The largest absolute Gasteiger partial charge is 0.489 e. The van der Waals surface area contributed by atoms with Crippen molar-refractivity contribution in [2.75, 3.05) is 37.4 Å². The first-order chi connectivity index (χ1) is 9.58. The molecule has 2 N–H and O–H groups in total. The Morgan fingerprint density at radius 1 is 1.35 bits per heavy atom. The van der Waals surface area contributed by atoms with Gasteiger partial charge in [0.05, 0.1) is 17.5 Å². The van der Waals surface area contributed by atoms with E-state index in [1.807, 2.05) is 26.0 Å². The minimum atomic E-state index is 0.133. The zero-order valence-electron chi connectivity index (χ0n) is 12.8. The van der Waals surface area contributed by atoms with Gasteiger partial charge < -0.3 is 20.1 Å². The molecule has 2 rings (SSSR count). The number of benzene rings is 1. The van der Waals surface area contributed by atoms with Gasteiger partial charge in [0, 0.05) is 26.8 Å². The highest BCUT2D eigenvalue weighted by Crippen LogP contribution is 2.33. The molecule has 1 aromatic carbocycles. The smallest absolute Gasteiger partial charge is 0.144 e. The number of ether oxygens (including phenoxy) is 2. The molecular formula is C16H26N2O2. The number of hydrogen-bond acceptors (Lipinski definition) is 4. The van der Waals surface area contributed by atoms with Gasteiger partial charge in [0.25, 0.3) is 0 Å². The van der Waals surface area contributed by atoms with E-state index in [1.165, 1.54) is 0 Å². The van der Waals surface area contributed by atoms with Crippen molar-refractivity contribution in [2.24, 2.45) is 5.92 Å². The van der Waals surface area contributed by atoms with Gasteiger partial charge in [-0.25, -0.2) is 0 Å². The topological polar surface area (TPSA) is 47.7 Å². The monoisotopic (exact) mass is 278 g/mol. The minimum Gasteiger partial charge on any atom is -0.489 e. The summed E-state index contributed by atoms with van der Waals surface area (Å²) in [6.07, 6.45) is 2.40. The van der Waals surface area contributed by atoms with Gasteiger partial charge >= 0.3 is 0 Å². The highest BCUT2D eigenvalue weighted by Gasteiger charge is 2.18. The van der Waals surface area contributed by atoms with Crippen LogP contribution in [0.15, 0.2) is 18.2 Å². The van der Waals surface area contributed by atoms with E-state index in [-0.39, 0.29) is 6.10 Å². The van der Waals surface area contributed by atoms with E-state index in [4.69, 9.17) is 15.2 Å². The summed E-state index contributed by atoms with van der Waals surface area (Å²) >= 11 is 0. The van der Waals surface area contributed by atoms with Gasteiger partial charge in [-0.3, -0.25) is 0 Å². The van der Waals surface area contributed by atoms with Crippen LogP contribution in [0.1, 0.15) is 26.7 Å². The number of nitrogens with two attached hydrogens (primary N) is 1. The standard InChI is InChI=1S/C16H26N2O2/c1-12(2)20-15-6-4-5-14(16(15)17)18(3)11-13-7-9-19-10-8-13/h4-6,12-13H,7-11,17H2,1-3H3. The summed E-state index contributed by atoms with van der Waals surface area (Å²) in [5, 5.41) is 0. The van der Waals surface area contributed by atoms with Crippen LogP contribution in [0.2, 0.25) is 0 Å². The Kier molecular flexibility index (Phi) is 5.12. The Balaban J connectivity index is 2.06. The van der Waals surface area contributed by atoms with Gasteiger partial charge in [-0.1, -0.05) is 6.07 Å². The molecule has 112 valence electrons. The zero-order chi connectivity index (χ0) is 14.5. The van der Waals surface area contributed by atoms with Crippen molar-refractivity contribution in [1.29, 1.82) is 0 Å².